The minimum Gasteiger partial charge on any atom is -0.389 e. The SMILES string of the molecule is Cc1nn(Cc2ccc(F)c(Cl)c2)c(C)c1C(C)O. The number of aliphatic hydroxyl groups is 1. The van der Waals surface area contributed by atoms with Crippen molar-refractivity contribution in [2.45, 2.75) is 33.4 Å². The summed E-state index contributed by atoms with van der Waals surface area (Å²) >= 11 is 5.76. The first kappa shape index (κ1) is 14.0. The Bertz CT molecular complexity index is 608. The van der Waals surface area contributed by atoms with Crippen LogP contribution in [0.5, 0.6) is 0 Å². The Hall–Kier alpha value is -1.39. The van der Waals surface area contributed by atoms with Gasteiger partial charge >= 0.3 is 0 Å². The van der Waals surface area contributed by atoms with Crippen molar-refractivity contribution >= 4 is 11.6 Å². The molecule has 0 saturated heterocycles. The molecule has 0 aliphatic heterocycles. The Kier molecular flexibility index (Phi) is 3.92. The van der Waals surface area contributed by atoms with E-state index in [1.54, 1.807) is 23.7 Å². The zero-order valence-corrected chi connectivity index (χ0v) is 11.9. The van der Waals surface area contributed by atoms with Crippen LogP contribution < -0.4 is 0 Å². The molecule has 102 valence electrons. The van der Waals surface area contributed by atoms with Crippen molar-refractivity contribution in [1.29, 1.82) is 0 Å². The number of aryl methyl sites for hydroxylation is 1. The summed E-state index contributed by atoms with van der Waals surface area (Å²) in [7, 11) is 0. The smallest absolute Gasteiger partial charge is 0.141 e. The van der Waals surface area contributed by atoms with E-state index in [0.29, 0.717) is 6.54 Å². The molecule has 0 aliphatic carbocycles. The van der Waals surface area contributed by atoms with Crippen LogP contribution in [0.2, 0.25) is 5.02 Å². The fourth-order valence-corrected chi connectivity index (χ4v) is 2.48. The fraction of sp³-hybridized carbons (Fsp3) is 0.357. The molecule has 1 unspecified atom stereocenters. The fourth-order valence-electron chi connectivity index (χ4n) is 2.28. The molecule has 0 fully saturated rings. The van der Waals surface area contributed by atoms with E-state index in [1.807, 2.05) is 13.8 Å². The highest BCUT2D eigenvalue weighted by Gasteiger charge is 2.15. The summed E-state index contributed by atoms with van der Waals surface area (Å²) in [5, 5.41) is 14.2. The highest BCUT2D eigenvalue weighted by molar-refractivity contribution is 6.30. The maximum Gasteiger partial charge on any atom is 0.141 e. The van der Waals surface area contributed by atoms with E-state index in [9.17, 15) is 9.50 Å². The molecule has 0 amide bonds. The molecule has 1 heterocycles. The number of hydrogen-bond acceptors (Lipinski definition) is 2. The van der Waals surface area contributed by atoms with Gasteiger partial charge in [-0.3, -0.25) is 4.68 Å². The number of aromatic nitrogens is 2. The number of halogens is 2. The maximum absolute atomic E-state index is 13.1. The Labute approximate surface area is 116 Å². The lowest BCUT2D eigenvalue weighted by atomic mass is 10.1. The molecule has 3 nitrogen and oxygen atoms in total. The van der Waals surface area contributed by atoms with E-state index in [4.69, 9.17) is 11.6 Å². The summed E-state index contributed by atoms with van der Waals surface area (Å²) in [4.78, 5) is 0. The Morgan fingerprint density at radius 3 is 2.63 bits per heavy atom. The first-order valence-electron chi connectivity index (χ1n) is 6.06. The molecule has 2 rings (SSSR count). The highest BCUT2D eigenvalue weighted by atomic mass is 35.5. The van der Waals surface area contributed by atoms with Gasteiger partial charge in [0.2, 0.25) is 0 Å². The Balaban J connectivity index is 2.33. The summed E-state index contributed by atoms with van der Waals surface area (Å²) in [5.41, 5.74) is 3.43. The van der Waals surface area contributed by atoms with Crippen molar-refractivity contribution < 1.29 is 9.50 Å². The maximum atomic E-state index is 13.1. The van der Waals surface area contributed by atoms with Crippen LogP contribution in [0.4, 0.5) is 4.39 Å². The van der Waals surface area contributed by atoms with Crippen molar-refractivity contribution in [2.75, 3.05) is 0 Å². The highest BCUT2D eigenvalue weighted by Crippen LogP contribution is 2.22. The molecule has 1 aromatic heterocycles. The number of aliphatic hydroxyl groups excluding tert-OH is 1. The minimum absolute atomic E-state index is 0.106. The lowest BCUT2D eigenvalue weighted by Gasteiger charge is -2.08. The molecular formula is C14H16ClFN2O. The zero-order valence-electron chi connectivity index (χ0n) is 11.1. The predicted molar refractivity (Wildman–Crippen MR) is 72.8 cm³/mol. The van der Waals surface area contributed by atoms with Crippen LogP contribution in [0.1, 0.15) is 35.5 Å². The second-order valence-corrected chi connectivity index (χ2v) is 5.07. The summed E-state index contributed by atoms with van der Waals surface area (Å²) in [5.74, 6) is -0.427. The normalized spacial score (nSPS) is 12.7. The summed E-state index contributed by atoms with van der Waals surface area (Å²) < 4.78 is 14.9. The first-order valence-corrected chi connectivity index (χ1v) is 6.44. The monoisotopic (exact) mass is 282 g/mol. The van der Waals surface area contributed by atoms with Gasteiger partial charge in [-0.1, -0.05) is 17.7 Å². The van der Waals surface area contributed by atoms with Crippen LogP contribution in [0, 0.1) is 19.7 Å². The topological polar surface area (TPSA) is 38.0 Å². The third kappa shape index (κ3) is 2.80. The standard InChI is InChI=1S/C14H16ClFN2O/c1-8-14(10(3)19)9(2)18(17-8)7-11-4-5-13(16)12(15)6-11/h4-6,10,19H,7H2,1-3H3. The molecule has 0 saturated carbocycles. The molecule has 0 bridgehead atoms. The molecule has 19 heavy (non-hydrogen) atoms. The van der Waals surface area contributed by atoms with Gasteiger partial charge < -0.3 is 5.11 Å². The van der Waals surface area contributed by atoms with Gasteiger partial charge in [0.25, 0.3) is 0 Å². The van der Waals surface area contributed by atoms with E-state index in [0.717, 1.165) is 22.5 Å². The minimum atomic E-state index is -0.550. The van der Waals surface area contributed by atoms with Crippen LogP contribution in [0.25, 0.3) is 0 Å². The van der Waals surface area contributed by atoms with Crippen molar-refractivity contribution in [3.63, 3.8) is 0 Å². The molecular weight excluding hydrogens is 267 g/mol. The summed E-state index contributed by atoms with van der Waals surface area (Å²) in [6, 6.07) is 4.62. The van der Waals surface area contributed by atoms with Crippen LogP contribution in [0.3, 0.4) is 0 Å². The van der Waals surface area contributed by atoms with Crippen LogP contribution >= 0.6 is 11.6 Å². The van der Waals surface area contributed by atoms with Crippen molar-refractivity contribution in [2.24, 2.45) is 0 Å². The lowest BCUT2D eigenvalue weighted by molar-refractivity contribution is 0.197. The van der Waals surface area contributed by atoms with Gasteiger partial charge in [0, 0.05) is 11.3 Å². The van der Waals surface area contributed by atoms with Crippen molar-refractivity contribution in [1.82, 2.24) is 9.78 Å². The van der Waals surface area contributed by atoms with Gasteiger partial charge in [0.15, 0.2) is 0 Å². The van der Waals surface area contributed by atoms with Gasteiger partial charge in [-0.15, -0.1) is 0 Å². The Morgan fingerprint density at radius 2 is 2.11 bits per heavy atom. The average molecular weight is 283 g/mol. The van der Waals surface area contributed by atoms with Crippen LogP contribution in [-0.2, 0) is 6.54 Å². The number of nitrogens with zero attached hydrogens (tertiary/aromatic N) is 2. The largest absolute Gasteiger partial charge is 0.389 e. The molecule has 2 aromatic rings. The van der Waals surface area contributed by atoms with E-state index < -0.39 is 11.9 Å². The van der Waals surface area contributed by atoms with E-state index in [-0.39, 0.29) is 5.02 Å². The van der Waals surface area contributed by atoms with E-state index in [1.165, 1.54) is 6.07 Å². The summed E-state index contributed by atoms with van der Waals surface area (Å²) in [6.07, 6.45) is -0.550. The zero-order chi connectivity index (χ0) is 14.2. The quantitative estimate of drug-likeness (QED) is 0.937. The van der Waals surface area contributed by atoms with E-state index >= 15 is 0 Å². The molecule has 0 radical (unpaired) electrons. The first-order chi connectivity index (χ1) is 8.90. The third-order valence-corrected chi connectivity index (χ3v) is 3.46. The molecule has 1 N–H and O–H groups in total. The predicted octanol–water partition coefficient (Wildman–Crippen LogP) is 3.39. The second-order valence-electron chi connectivity index (χ2n) is 4.67. The molecule has 1 aromatic carbocycles. The third-order valence-electron chi connectivity index (χ3n) is 3.17. The van der Waals surface area contributed by atoms with Crippen LogP contribution in [-0.4, -0.2) is 14.9 Å². The van der Waals surface area contributed by atoms with Gasteiger partial charge in [-0.05, 0) is 38.5 Å². The van der Waals surface area contributed by atoms with Gasteiger partial charge in [-0.2, -0.15) is 5.10 Å². The molecule has 5 heteroatoms. The number of benzene rings is 1. The van der Waals surface area contributed by atoms with Gasteiger partial charge in [0.05, 0.1) is 23.4 Å². The van der Waals surface area contributed by atoms with E-state index in [2.05, 4.69) is 5.10 Å². The number of rotatable bonds is 3. The average Bonchev–Trinajstić information content (AvgIpc) is 2.59. The second kappa shape index (κ2) is 5.31. The molecule has 0 aliphatic rings. The number of hydrogen-bond donors (Lipinski definition) is 1. The molecule has 0 spiro atoms. The molecule has 1 atom stereocenters. The van der Waals surface area contributed by atoms with Gasteiger partial charge in [-0.25, -0.2) is 4.39 Å². The summed E-state index contributed by atoms with van der Waals surface area (Å²) in [6.45, 7) is 5.99. The Morgan fingerprint density at radius 1 is 1.42 bits per heavy atom. The lowest BCUT2D eigenvalue weighted by Crippen LogP contribution is -2.05. The van der Waals surface area contributed by atoms with Crippen molar-refractivity contribution in [3.05, 3.63) is 51.6 Å². The van der Waals surface area contributed by atoms with Crippen molar-refractivity contribution in [3.8, 4) is 0 Å². The van der Waals surface area contributed by atoms with Crippen LogP contribution in [0.15, 0.2) is 18.2 Å². The van der Waals surface area contributed by atoms with Gasteiger partial charge in [0.1, 0.15) is 5.82 Å².